The highest BCUT2D eigenvalue weighted by molar-refractivity contribution is 7.89. The average Bonchev–Trinajstić information content (AvgIpc) is 3.13. The molecule has 1 aromatic rings. The van der Waals surface area contributed by atoms with Crippen LogP contribution in [0, 0.1) is 16.0 Å². The number of nitrogens with zero attached hydrogens (tertiary/aromatic N) is 3. The molecule has 2 aliphatic heterocycles. The molecule has 0 radical (unpaired) electrons. The maximum atomic E-state index is 13.2. The van der Waals surface area contributed by atoms with Gasteiger partial charge in [-0.15, -0.1) is 0 Å². The highest BCUT2D eigenvalue weighted by Crippen LogP contribution is 2.42. The van der Waals surface area contributed by atoms with Crippen molar-refractivity contribution < 1.29 is 26.6 Å². The molecule has 28 heavy (non-hydrogen) atoms. The Balaban J connectivity index is 2.05. The van der Waals surface area contributed by atoms with Crippen molar-refractivity contribution in [1.82, 2.24) is 8.61 Å². The molecule has 0 aromatic heterocycles. The van der Waals surface area contributed by atoms with Gasteiger partial charge in [-0.25, -0.2) is 21.1 Å². The summed E-state index contributed by atoms with van der Waals surface area (Å²) < 4.78 is 52.6. The molecule has 2 saturated heterocycles. The Bertz CT molecular complexity index is 1020. The number of rotatable bonds is 6. The average molecular weight is 431 g/mol. The zero-order valence-electron chi connectivity index (χ0n) is 15.4. The molecular formula is C16H21N3O7S2. The van der Waals surface area contributed by atoms with E-state index in [1.165, 1.54) is 18.2 Å². The first-order valence-electron chi connectivity index (χ1n) is 8.79. The molecule has 154 valence electrons. The van der Waals surface area contributed by atoms with Gasteiger partial charge in [0.1, 0.15) is 0 Å². The Morgan fingerprint density at radius 3 is 2.50 bits per heavy atom. The second-order valence-corrected chi connectivity index (χ2v) is 10.8. The molecule has 0 spiro atoms. The largest absolute Gasteiger partial charge is 0.273 e. The molecule has 0 saturated carbocycles. The van der Waals surface area contributed by atoms with E-state index in [0.29, 0.717) is 12.8 Å². The maximum absolute atomic E-state index is 13.2. The van der Waals surface area contributed by atoms with Gasteiger partial charge in [0.15, 0.2) is 0 Å². The molecule has 1 aromatic carbocycles. The number of nitro benzene ring substituents is 1. The summed E-state index contributed by atoms with van der Waals surface area (Å²) in [5, 5.41) is 11.0. The third-order valence-corrected chi connectivity index (χ3v) is 8.27. The van der Waals surface area contributed by atoms with Crippen molar-refractivity contribution in [3.63, 3.8) is 0 Å². The summed E-state index contributed by atoms with van der Waals surface area (Å²) in [5.41, 5.74) is -0.359. The highest BCUT2D eigenvalue weighted by atomic mass is 32.2. The van der Waals surface area contributed by atoms with Crippen molar-refractivity contribution in [2.24, 2.45) is 5.92 Å². The number of hydrogen-bond acceptors (Lipinski definition) is 7. The first-order chi connectivity index (χ1) is 13.0. The van der Waals surface area contributed by atoms with Crippen LogP contribution in [0.4, 0.5) is 5.69 Å². The summed E-state index contributed by atoms with van der Waals surface area (Å²) >= 11 is 0. The lowest BCUT2D eigenvalue weighted by Crippen LogP contribution is -2.43. The van der Waals surface area contributed by atoms with Gasteiger partial charge in [-0.2, -0.15) is 4.31 Å². The van der Waals surface area contributed by atoms with Crippen LogP contribution in [-0.2, 0) is 24.8 Å². The summed E-state index contributed by atoms with van der Waals surface area (Å²) in [7, 11) is -7.97. The molecule has 2 heterocycles. The Labute approximate surface area is 163 Å². The third kappa shape index (κ3) is 3.29. The lowest BCUT2D eigenvalue weighted by molar-refractivity contribution is -0.385. The van der Waals surface area contributed by atoms with Crippen molar-refractivity contribution >= 4 is 31.6 Å². The van der Waals surface area contributed by atoms with Gasteiger partial charge in [-0.1, -0.05) is 19.4 Å². The predicted octanol–water partition coefficient (Wildman–Crippen LogP) is 0.945. The molecule has 0 aliphatic carbocycles. The Morgan fingerprint density at radius 2 is 1.93 bits per heavy atom. The molecule has 0 unspecified atom stereocenters. The molecule has 2 aliphatic rings. The first-order valence-corrected chi connectivity index (χ1v) is 12.1. The fraction of sp³-hybridized carbons (Fsp3) is 0.562. The number of carbonyl (C=O) groups is 1. The second kappa shape index (κ2) is 7.08. The molecule has 1 amide bonds. The Kier molecular flexibility index (Phi) is 5.23. The fourth-order valence-corrected chi connectivity index (χ4v) is 7.09. The minimum atomic E-state index is -4.14. The van der Waals surface area contributed by atoms with Crippen molar-refractivity contribution in [3.05, 3.63) is 34.4 Å². The topological polar surface area (TPSA) is 135 Å². The summed E-state index contributed by atoms with van der Waals surface area (Å²) in [6.45, 7) is 1.87. The van der Waals surface area contributed by atoms with Crippen LogP contribution in [0.2, 0.25) is 0 Å². The van der Waals surface area contributed by atoms with Crippen LogP contribution >= 0.6 is 0 Å². The number of non-ortho nitro benzene ring substituents is 1. The van der Waals surface area contributed by atoms with Crippen molar-refractivity contribution in [1.29, 1.82) is 0 Å². The molecular weight excluding hydrogens is 410 g/mol. The van der Waals surface area contributed by atoms with Crippen LogP contribution in [-0.4, -0.2) is 61.2 Å². The van der Waals surface area contributed by atoms with E-state index in [1.54, 1.807) is 0 Å². The summed E-state index contributed by atoms with van der Waals surface area (Å²) in [5.74, 6) is -1.35. The van der Waals surface area contributed by atoms with Crippen LogP contribution in [0.25, 0.3) is 0 Å². The number of hydrogen-bond donors (Lipinski definition) is 0. The standard InChI is InChI=1S/C16H21N3O7S2/c1-3-5-13-15-14(18(16(13)20)27(2,23)24)8-9-17(15)28(25,26)12-7-4-6-11(10-12)19(21)22/h4,6-7,10,13-15H,3,5,8-9H2,1-2H3/t13-,14+,15-/m1/s1. The van der Waals surface area contributed by atoms with E-state index in [2.05, 4.69) is 0 Å². The van der Waals surface area contributed by atoms with Crippen LogP contribution in [0.5, 0.6) is 0 Å². The van der Waals surface area contributed by atoms with E-state index in [9.17, 15) is 31.7 Å². The third-order valence-electron chi connectivity index (χ3n) is 5.21. The van der Waals surface area contributed by atoms with Crippen molar-refractivity contribution in [2.45, 2.75) is 43.2 Å². The molecule has 3 atom stereocenters. The van der Waals surface area contributed by atoms with Crippen LogP contribution in [0.1, 0.15) is 26.2 Å². The summed E-state index contributed by atoms with van der Waals surface area (Å²) in [4.78, 5) is 22.8. The molecule has 0 bridgehead atoms. The van der Waals surface area contributed by atoms with Crippen molar-refractivity contribution in [3.8, 4) is 0 Å². The number of carbonyl (C=O) groups excluding carboxylic acids is 1. The number of nitro groups is 1. The van der Waals surface area contributed by atoms with Gasteiger partial charge in [0, 0.05) is 18.7 Å². The first kappa shape index (κ1) is 20.7. The van der Waals surface area contributed by atoms with Crippen LogP contribution in [0.3, 0.4) is 0 Å². The van der Waals surface area contributed by atoms with Gasteiger partial charge in [0.05, 0.1) is 34.1 Å². The maximum Gasteiger partial charge on any atom is 0.270 e. The smallest absolute Gasteiger partial charge is 0.270 e. The van der Waals surface area contributed by atoms with Gasteiger partial charge in [0.2, 0.25) is 26.0 Å². The molecule has 10 nitrogen and oxygen atoms in total. The van der Waals surface area contributed by atoms with E-state index < -0.39 is 48.9 Å². The van der Waals surface area contributed by atoms with E-state index in [0.717, 1.165) is 20.9 Å². The normalized spacial score (nSPS) is 25.9. The fourth-order valence-electron chi connectivity index (χ4n) is 4.16. The van der Waals surface area contributed by atoms with Gasteiger partial charge >= 0.3 is 0 Å². The number of sulfonamides is 2. The quantitative estimate of drug-likeness (QED) is 0.483. The molecule has 2 fully saturated rings. The number of amides is 1. The monoisotopic (exact) mass is 431 g/mol. The van der Waals surface area contributed by atoms with Crippen molar-refractivity contribution in [2.75, 3.05) is 12.8 Å². The van der Waals surface area contributed by atoms with Gasteiger partial charge in [-0.3, -0.25) is 14.9 Å². The highest BCUT2D eigenvalue weighted by Gasteiger charge is 2.58. The number of fused-ring (bicyclic) bond motifs is 1. The lowest BCUT2D eigenvalue weighted by Gasteiger charge is -2.26. The molecule has 0 N–H and O–H groups in total. The zero-order chi connectivity index (χ0) is 20.9. The number of benzene rings is 1. The van der Waals surface area contributed by atoms with Gasteiger partial charge < -0.3 is 0 Å². The second-order valence-electron chi connectivity index (χ2n) is 7.01. The van der Waals surface area contributed by atoms with E-state index in [1.807, 2.05) is 6.92 Å². The van der Waals surface area contributed by atoms with E-state index >= 15 is 0 Å². The van der Waals surface area contributed by atoms with E-state index in [-0.39, 0.29) is 23.5 Å². The van der Waals surface area contributed by atoms with Gasteiger partial charge in [0.25, 0.3) is 5.69 Å². The summed E-state index contributed by atoms with van der Waals surface area (Å²) in [6, 6.07) is 3.14. The van der Waals surface area contributed by atoms with Crippen LogP contribution < -0.4 is 0 Å². The lowest BCUT2D eigenvalue weighted by atomic mass is 9.95. The van der Waals surface area contributed by atoms with E-state index in [4.69, 9.17) is 0 Å². The predicted molar refractivity (Wildman–Crippen MR) is 99.3 cm³/mol. The van der Waals surface area contributed by atoms with Crippen LogP contribution in [0.15, 0.2) is 29.2 Å². The Hall–Kier alpha value is -2.05. The minimum absolute atomic E-state index is 0.0415. The molecule has 3 rings (SSSR count). The summed E-state index contributed by atoms with van der Waals surface area (Å²) in [6.07, 6.45) is 2.07. The minimum Gasteiger partial charge on any atom is -0.273 e. The zero-order valence-corrected chi connectivity index (χ0v) is 17.0. The Morgan fingerprint density at radius 1 is 1.25 bits per heavy atom. The SMILES string of the molecule is CCC[C@H]1C(=O)N(S(C)(=O)=O)[C@H]2CCN(S(=O)(=O)c3cccc([N+](=O)[O-])c3)[C@H]12. The molecule has 12 heteroatoms. The van der Waals surface area contributed by atoms with Gasteiger partial charge in [-0.05, 0) is 18.9 Å².